The highest BCUT2D eigenvalue weighted by molar-refractivity contribution is 9.10. The van der Waals surface area contributed by atoms with Crippen LogP contribution in [-0.2, 0) is 23.1 Å². The lowest BCUT2D eigenvalue weighted by molar-refractivity contribution is 0.582. The zero-order valence-corrected chi connectivity index (χ0v) is 20.4. The molecule has 7 nitrogen and oxygen atoms in total. The van der Waals surface area contributed by atoms with E-state index in [4.69, 9.17) is 16.6 Å². The number of benzene rings is 2. The van der Waals surface area contributed by atoms with Crippen molar-refractivity contribution in [3.8, 4) is 11.3 Å². The fourth-order valence-corrected chi connectivity index (χ4v) is 4.30. The Morgan fingerprint density at radius 1 is 1.06 bits per heavy atom. The average molecular weight is 535 g/mol. The van der Waals surface area contributed by atoms with Crippen LogP contribution in [-0.4, -0.2) is 28.8 Å². The van der Waals surface area contributed by atoms with Crippen molar-refractivity contribution in [2.75, 3.05) is 11.1 Å². The first kappa shape index (κ1) is 22.7. The van der Waals surface area contributed by atoms with Gasteiger partial charge in [0.1, 0.15) is 5.82 Å². The molecule has 0 saturated heterocycles. The van der Waals surface area contributed by atoms with Gasteiger partial charge in [-0.05, 0) is 40.0 Å². The Hall–Kier alpha value is -2.46. The second-order valence-electron chi connectivity index (χ2n) is 7.13. The van der Waals surface area contributed by atoms with Gasteiger partial charge in [0, 0.05) is 29.7 Å². The first-order chi connectivity index (χ1) is 15.4. The summed E-state index contributed by atoms with van der Waals surface area (Å²) in [5, 5.41) is 8.45. The van der Waals surface area contributed by atoms with Crippen molar-refractivity contribution < 1.29 is 8.42 Å². The predicted octanol–water partition coefficient (Wildman–Crippen LogP) is 4.86. The molecule has 0 amide bonds. The van der Waals surface area contributed by atoms with Crippen molar-refractivity contribution in [1.82, 2.24) is 19.3 Å². The van der Waals surface area contributed by atoms with E-state index < -0.39 is 10.0 Å². The summed E-state index contributed by atoms with van der Waals surface area (Å²) in [4.78, 5) is 4.71. The molecule has 166 valence electrons. The van der Waals surface area contributed by atoms with E-state index in [1.54, 1.807) is 17.6 Å². The van der Waals surface area contributed by atoms with Gasteiger partial charge in [-0.25, -0.2) is 18.1 Å². The monoisotopic (exact) mass is 533 g/mol. The number of hydrogen-bond acceptors (Lipinski definition) is 5. The lowest BCUT2D eigenvalue weighted by atomic mass is 10.1. The fraction of sp³-hybridized carbons (Fsp3) is 0.182. The minimum atomic E-state index is -3.21. The molecule has 0 saturated carbocycles. The van der Waals surface area contributed by atoms with Gasteiger partial charge in [-0.2, -0.15) is 9.61 Å². The maximum Gasteiger partial charge on any atom is 0.211 e. The van der Waals surface area contributed by atoms with E-state index >= 15 is 0 Å². The molecule has 0 aliphatic rings. The van der Waals surface area contributed by atoms with Gasteiger partial charge in [0.25, 0.3) is 0 Å². The molecule has 2 aromatic carbocycles. The third kappa shape index (κ3) is 5.12. The first-order valence-corrected chi connectivity index (χ1v) is 12.8. The van der Waals surface area contributed by atoms with Crippen molar-refractivity contribution in [2.45, 2.75) is 20.0 Å². The number of aromatic nitrogens is 3. The Morgan fingerprint density at radius 2 is 1.75 bits per heavy atom. The van der Waals surface area contributed by atoms with Gasteiger partial charge in [-0.3, -0.25) is 0 Å². The second-order valence-corrected chi connectivity index (χ2v) is 10.5. The Morgan fingerprint density at radius 3 is 2.44 bits per heavy atom. The van der Waals surface area contributed by atoms with Gasteiger partial charge in [0.2, 0.25) is 10.0 Å². The molecule has 2 aromatic heterocycles. The normalized spacial score (nSPS) is 11.7. The molecule has 2 heterocycles. The van der Waals surface area contributed by atoms with E-state index in [1.807, 2.05) is 54.6 Å². The van der Waals surface area contributed by atoms with Gasteiger partial charge in [-0.1, -0.05) is 54.1 Å². The minimum absolute atomic E-state index is 0.0646. The highest BCUT2D eigenvalue weighted by atomic mass is 79.9. The standard InChI is InChI=1S/C22H21BrClN5O2S/c1-2-32(30,31)27-13-16-9-7-15(8-10-16)12-25-21-11-20(17-5-3-4-6-19(17)24)28-22-18(23)14-26-29(21)22/h3-11,14,25,27H,2,12-13H2,1H3. The van der Waals surface area contributed by atoms with Crippen molar-refractivity contribution in [1.29, 1.82) is 0 Å². The summed E-state index contributed by atoms with van der Waals surface area (Å²) in [7, 11) is -3.21. The molecule has 2 N–H and O–H groups in total. The zero-order chi connectivity index (χ0) is 22.7. The van der Waals surface area contributed by atoms with Crippen molar-refractivity contribution in [3.05, 3.63) is 81.4 Å². The average Bonchev–Trinajstić information content (AvgIpc) is 3.18. The van der Waals surface area contributed by atoms with Crippen LogP contribution in [0.1, 0.15) is 18.1 Å². The SMILES string of the molecule is CCS(=O)(=O)NCc1ccc(CNc2cc(-c3ccccc3Cl)nc3c(Br)cnn23)cc1. The smallest absolute Gasteiger partial charge is 0.211 e. The van der Waals surface area contributed by atoms with Crippen LogP contribution in [0.4, 0.5) is 5.82 Å². The number of halogens is 2. The third-order valence-corrected chi connectivity index (χ3v) is 7.18. The quantitative estimate of drug-likeness (QED) is 0.337. The largest absolute Gasteiger partial charge is 0.366 e. The summed E-state index contributed by atoms with van der Waals surface area (Å²) in [5.74, 6) is 0.838. The van der Waals surface area contributed by atoms with Gasteiger partial charge in [0.15, 0.2) is 5.65 Å². The highest BCUT2D eigenvalue weighted by Gasteiger charge is 2.13. The lowest BCUT2D eigenvalue weighted by Crippen LogP contribution is -2.24. The van der Waals surface area contributed by atoms with Crippen molar-refractivity contribution in [2.24, 2.45) is 0 Å². The number of rotatable bonds is 8. The summed E-state index contributed by atoms with van der Waals surface area (Å²) >= 11 is 9.90. The molecule has 10 heteroatoms. The molecule has 0 radical (unpaired) electrons. The number of nitrogens with one attached hydrogen (secondary N) is 2. The Bertz CT molecular complexity index is 1360. The number of hydrogen-bond donors (Lipinski definition) is 2. The number of sulfonamides is 1. The molecular weight excluding hydrogens is 514 g/mol. The molecule has 0 atom stereocenters. The summed E-state index contributed by atoms with van der Waals surface area (Å²) < 4.78 is 28.3. The van der Waals surface area contributed by atoms with Crippen LogP contribution in [0.3, 0.4) is 0 Å². The van der Waals surface area contributed by atoms with Gasteiger partial charge in [-0.15, -0.1) is 0 Å². The fourth-order valence-electron chi connectivity index (χ4n) is 3.13. The molecular formula is C22H21BrClN5O2S. The molecule has 0 bridgehead atoms. The summed E-state index contributed by atoms with van der Waals surface area (Å²) in [6, 6.07) is 17.3. The van der Waals surface area contributed by atoms with E-state index in [-0.39, 0.29) is 12.3 Å². The van der Waals surface area contributed by atoms with Crippen molar-refractivity contribution >= 4 is 49.0 Å². The van der Waals surface area contributed by atoms with E-state index in [0.29, 0.717) is 17.2 Å². The van der Waals surface area contributed by atoms with Crippen LogP contribution in [0.5, 0.6) is 0 Å². The van der Waals surface area contributed by atoms with Crippen LogP contribution < -0.4 is 10.0 Å². The Kier molecular flexibility index (Phi) is 6.80. The van der Waals surface area contributed by atoms with Crippen LogP contribution >= 0.6 is 27.5 Å². The van der Waals surface area contributed by atoms with Gasteiger partial charge < -0.3 is 5.32 Å². The maximum absolute atomic E-state index is 11.6. The lowest BCUT2D eigenvalue weighted by Gasteiger charge is -2.12. The van der Waals surface area contributed by atoms with Crippen LogP contribution in [0, 0.1) is 0 Å². The Labute approximate surface area is 200 Å². The zero-order valence-electron chi connectivity index (χ0n) is 17.2. The molecule has 0 spiro atoms. The van der Waals surface area contributed by atoms with Gasteiger partial charge >= 0.3 is 0 Å². The third-order valence-electron chi connectivity index (χ3n) is 4.95. The minimum Gasteiger partial charge on any atom is -0.366 e. The molecule has 4 rings (SSSR count). The maximum atomic E-state index is 11.6. The van der Waals surface area contributed by atoms with Crippen LogP contribution in [0.25, 0.3) is 16.9 Å². The topological polar surface area (TPSA) is 88.4 Å². The molecule has 0 fully saturated rings. The molecule has 4 aromatic rings. The number of fused-ring (bicyclic) bond motifs is 1. The molecule has 0 unspecified atom stereocenters. The first-order valence-electron chi connectivity index (χ1n) is 9.94. The summed E-state index contributed by atoms with van der Waals surface area (Å²) in [6.07, 6.45) is 1.70. The second kappa shape index (κ2) is 9.58. The molecule has 0 aliphatic carbocycles. The predicted molar refractivity (Wildman–Crippen MR) is 131 cm³/mol. The molecule has 0 aliphatic heterocycles. The van der Waals surface area contributed by atoms with E-state index in [0.717, 1.165) is 32.7 Å². The van der Waals surface area contributed by atoms with Crippen LogP contribution in [0.2, 0.25) is 5.02 Å². The highest BCUT2D eigenvalue weighted by Crippen LogP contribution is 2.30. The summed E-state index contributed by atoms with van der Waals surface area (Å²) in [6.45, 7) is 2.44. The van der Waals surface area contributed by atoms with Crippen LogP contribution in [0.15, 0.2) is 65.3 Å². The van der Waals surface area contributed by atoms with E-state index in [9.17, 15) is 8.42 Å². The number of anilines is 1. The van der Waals surface area contributed by atoms with Gasteiger partial charge in [0.05, 0.1) is 22.1 Å². The summed E-state index contributed by atoms with van der Waals surface area (Å²) in [5.41, 5.74) is 4.21. The van der Waals surface area contributed by atoms with E-state index in [2.05, 4.69) is 31.1 Å². The Balaban J connectivity index is 1.55. The van der Waals surface area contributed by atoms with Crippen molar-refractivity contribution in [3.63, 3.8) is 0 Å². The van der Waals surface area contributed by atoms with E-state index in [1.165, 1.54) is 0 Å². The number of nitrogens with zero attached hydrogens (tertiary/aromatic N) is 3. The molecule has 32 heavy (non-hydrogen) atoms.